The zero-order valence-corrected chi connectivity index (χ0v) is 13.4. The zero-order chi connectivity index (χ0) is 16.4. The van der Waals surface area contributed by atoms with E-state index in [0.29, 0.717) is 37.0 Å². The van der Waals surface area contributed by atoms with Gasteiger partial charge in [-0.3, -0.25) is 4.99 Å². The minimum absolute atomic E-state index is 0.399. The number of benzene rings is 1. The first-order valence-electron chi connectivity index (χ1n) is 6.85. The van der Waals surface area contributed by atoms with Crippen LogP contribution in [0, 0.1) is 0 Å². The number of guanidine groups is 1. The smallest absolute Gasteiger partial charge is 0.341 e. The zero-order valence-electron chi connectivity index (χ0n) is 13.4. The molecule has 0 saturated carbocycles. The Morgan fingerprint density at radius 3 is 2.59 bits per heavy atom. The highest BCUT2D eigenvalue weighted by molar-refractivity contribution is 5.92. The molecule has 22 heavy (non-hydrogen) atoms. The van der Waals surface area contributed by atoms with Crippen molar-refractivity contribution in [3.63, 3.8) is 0 Å². The molecule has 0 atom stereocenters. The van der Waals surface area contributed by atoms with Gasteiger partial charge in [0.25, 0.3) is 0 Å². The number of hydrogen-bond donors (Lipinski definition) is 2. The van der Waals surface area contributed by atoms with Crippen LogP contribution >= 0.6 is 0 Å². The third kappa shape index (κ3) is 5.25. The standard InChI is InChI=1S/C15H23N3O4/c1-16-15(17-7-8-20-2)18-10-11-5-6-12(14(19)22-4)13(9-11)21-3/h5-6,9H,7-8,10H2,1-4H3,(H2,16,17,18). The van der Waals surface area contributed by atoms with E-state index in [0.717, 1.165) is 5.56 Å². The summed E-state index contributed by atoms with van der Waals surface area (Å²) in [7, 11) is 6.20. The van der Waals surface area contributed by atoms with Crippen molar-refractivity contribution < 1.29 is 19.0 Å². The van der Waals surface area contributed by atoms with Crippen LogP contribution in [0.25, 0.3) is 0 Å². The van der Waals surface area contributed by atoms with Crippen LogP contribution in [0.2, 0.25) is 0 Å². The van der Waals surface area contributed by atoms with Gasteiger partial charge in [0, 0.05) is 27.2 Å². The molecule has 7 nitrogen and oxygen atoms in total. The van der Waals surface area contributed by atoms with Crippen LogP contribution in [0.1, 0.15) is 15.9 Å². The molecule has 0 bridgehead atoms. The third-order valence-electron chi connectivity index (χ3n) is 2.95. The monoisotopic (exact) mass is 309 g/mol. The van der Waals surface area contributed by atoms with E-state index in [2.05, 4.69) is 15.6 Å². The molecule has 0 fully saturated rings. The summed E-state index contributed by atoms with van der Waals surface area (Å²) in [5, 5.41) is 6.29. The predicted octanol–water partition coefficient (Wildman–Crippen LogP) is 0.793. The van der Waals surface area contributed by atoms with E-state index in [1.54, 1.807) is 26.3 Å². The molecule has 0 unspecified atom stereocenters. The number of esters is 1. The molecule has 0 aliphatic rings. The first kappa shape index (κ1) is 17.8. The fourth-order valence-electron chi connectivity index (χ4n) is 1.80. The first-order valence-corrected chi connectivity index (χ1v) is 6.85. The second-order valence-electron chi connectivity index (χ2n) is 4.37. The van der Waals surface area contributed by atoms with E-state index in [9.17, 15) is 4.79 Å². The molecule has 2 N–H and O–H groups in total. The van der Waals surface area contributed by atoms with Gasteiger partial charge in [-0.15, -0.1) is 0 Å². The maximum absolute atomic E-state index is 11.6. The fraction of sp³-hybridized carbons (Fsp3) is 0.467. The maximum Gasteiger partial charge on any atom is 0.341 e. The van der Waals surface area contributed by atoms with Crippen LogP contribution in [0.3, 0.4) is 0 Å². The predicted molar refractivity (Wildman–Crippen MR) is 84.4 cm³/mol. The highest BCUT2D eigenvalue weighted by atomic mass is 16.5. The number of aliphatic imine (C=N–C) groups is 1. The summed E-state index contributed by atoms with van der Waals surface area (Å²) in [6.07, 6.45) is 0. The van der Waals surface area contributed by atoms with Crippen LogP contribution in [0.5, 0.6) is 5.75 Å². The highest BCUT2D eigenvalue weighted by Gasteiger charge is 2.13. The van der Waals surface area contributed by atoms with Gasteiger partial charge in [0.2, 0.25) is 0 Å². The van der Waals surface area contributed by atoms with Crippen molar-refractivity contribution in [2.45, 2.75) is 6.54 Å². The fourth-order valence-corrected chi connectivity index (χ4v) is 1.80. The molecule has 1 aromatic carbocycles. The molecule has 1 aromatic rings. The van der Waals surface area contributed by atoms with E-state index < -0.39 is 5.97 Å². The van der Waals surface area contributed by atoms with Gasteiger partial charge in [0.15, 0.2) is 5.96 Å². The number of methoxy groups -OCH3 is 3. The Kier molecular flexibility index (Phi) is 7.77. The minimum atomic E-state index is -0.423. The lowest BCUT2D eigenvalue weighted by molar-refractivity contribution is 0.0597. The Hall–Kier alpha value is -2.28. The number of carbonyl (C=O) groups excluding carboxylic acids is 1. The molecular formula is C15H23N3O4. The van der Waals surface area contributed by atoms with Gasteiger partial charge < -0.3 is 24.8 Å². The van der Waals surface area contributed by atoms with Gasteiger partial charge in [-0.05, 0) is 17.7 Å². The van der Waals surface area contributed by atoms with Crippen molar-refractivity contribution in [2.24, 2.45) is 4.99 Å². The van der Waals surface area contributed by atoms with Crippen molar-refractivity contribution in [3.8, 4) is 5.75 Å². The number of hydrogen-bond acceptors (Lipinski definition) is 5. The van der Waals surface area contributed by atoms with Crippen LogP contribution in [-0.4, -0.2) is 53.5 Å². The van der Waals surface area contributed by atoms with Gasteiger partial charge in [-0.2, -0.15) is 0 Å². The van der Waals surface area contributed by atoms with Crippen LogP contribution < -0.4 is 15.4 Å². The lowest BCUT2D eigenvalue weighted by Gasteiger charge is -2.13. The quantitative estimate of drug-likeness (QED) is 0.335. The van der Waals surface area contributed by atoms with Crippen LogP contribution in [0.4, 0.5) is 0 Å². The van der Waals surface area contributed by atoms with E-state index in [1.165, 1.54) is 14.2 Å². The largest absolute Gasteiger partial charge is 0.496 e. The molecular weight excluding hydrogens is 286 g/mol. The second kappa shape index (κ2) is 9.62. The Bertz CT molecular complexity index is 518. The normalized spacial score (nSPS) is 11.0. The summed E-state index contributed by atoms with van der Waals surface area (Å²) in [6, 6.07) is 5.31. The van der Waals surface area contributed by atoms with Crippen LogP contribution in [0.15, 0.2) is 23.2 Å². The van der Waals surface area contributed by atoms with Gasteiger partial charge in [0.1, 0.15) is 11.3 Å². The summed E-state index contributed by atoms with van der Waals surface area (Å²) in [4.78, 5) is 15.7. The molecule has 0 saturated heterocycles. The molecule has 122 valence electrons. The lowest BCUT2D eigenvalue weighted by atomic mass is 10.1. The van der Waals surface area contributed by atoms with Crippen molar-refractivity contribution in [1.29, 1.82) is 0 Å². The van der Waals surface area contributed by atoms with Crippen molar-refractivity contribution in [3.05, 3.63) is 29.3 Å². The number of carbonyl (C=O) groups is 1. The Labute approximate surface area is 130 Å². The average molecular weight is 309 g/mol. The SMILES string of the molecule is CN=C(NCCOC)NCc1ccc(C(=O)OC)c(OC)c1. The van der Waals surface area contributed by atoms with Crippen LogP contribution in [-0.2, 0) is 16.0 Å². The topological polar surface area (TPSA) is 81.2 Å². The van der Waals surface area contributed by atoms with E-state index in [1.807, 2.05) is 6.07 Å². The number of nitrogens with one attached hydrogen (secondary N) is 2. The maximum atomic E-state index is 11.6. The van der Waals surface area contributed by atoms with Gasteiger partial charge >= 0.3 is 5.97 Å². The summed E-state index contributed by atoms with van der Waals surface area (Å²) in [6.45, 7) is 1.81. The molecule has 0 aromatic heterocycles. The average Bonchev–Trinajstić information content (AvgIpc) is 2.56. The summed E-state index contributed by atoms with van der Waals surface area (Å²) in [5.74, 6) is 0.731. The van der Waals surface area contributed by atoms with E-state index in [-0.39, 0.29) is 0 Å². The Morgan fingerprint density at radius 1 is 1.23 bits per heavy atom. The first-order chi connectivity index (χ1) is 10.7. The van der Waals surface area contributed by atoms with Gasteiger partial charge in [-0.1, -0.05) is 6.07 Å². The molecule has 0 aliphatic carbocycles. The highest BCUT2D eigenvalue weighted by Crippen LogP contribution is 2.21. The third-order valence-corrected chi connectivity index (χ3v) is 2.95. The van der Waals surface area contributed by atoms with E-state index >= 15 is 0 Å². The van der Waals surface area contributed by atoms with E-state index in [4.69, 9.17) is 14.2 Å². The second-order valence-corrected chi connectivity index (χ2v) is 4.37. The molecule has 7 heteroatoms. The Balaban J connectivity index is 2.68. The summed E-state index contributed by atoms with van der Waals surface area (Å²) < 4.78 is 14.9. The molecule has 1 rings (SSSR count). The molecule has 0 spiro atoms. The number of ether oxygens (including phenoxy) is 3. The lowest BCUT2D eigenvalue weighted by Crippen LogP contribution is -2.38. The molecule has 0 amide bonds. The molecule has 0 heterocycles. The van der Waals surface area contributed by atoms with Crippen molar-refractivity contribution in [2.75, 3.05) is 41.5 Å². The Morgan fingerprint density at radius 2 is 2.00 bits per heavy atom. The molecule has 0 radical (unpaired) electrons. The number of rotatable bonds is 7. The van der Waals surface area contributed by atoms with Gasteiger partial charge in [0.05, 0.1) is 20.8 Å². The van der Waals surface area contributed by atoms with Crippen molar-refractivity contribution >= 4 is 11.9 Å². The van der Waals surface area contributed by atoms with Gasteiger partial charge in [-0.25, -0.2) is 4.79 Å². The number of nitrogens with zero attached hydrogens (tertiary/aromatic N) is 1. The summed E-state index contributed by atoms with van der Waals surface area (Å²) in [5.41, 5.74) is 1.36. The summed E-state index contributed by atoms with van der Waals surface area (Å²) >= 11 is 0. The van der Waals surface area contributed by atoms with Crippen molar-refractivity contribution in [1.82, 2.24) is 10.6 Å². The molecule has 0 aliphatic heterocycles. The minimum Gasteiger partial charge on any atom is -0.496 e.